The summed E-state index contributed by atoms with van der Waals surface area (Å²) in [5, 5.41) is 21.6. The molecule has 0 bridgehead atoms. The zero-order valence-electron chi connectivity index (χ0n) is 16.8. The summed E-state index contributed by atoms with van der Waals surface area (Å²) in [5.41, 5.74) is 5.68. The monoisotopic (exact) mass is 466 g/mol. The molecule has 1 aromatic heterocycles. The van der Waals surface area contributed by atoms with Crippen LogP contribution in [0.15, 0.2) is 77.0 Å². The molecule has 0 unspecified atom stereocenters. The van der Waals surface area contributed by atoms with Crippen LogP contribution < -0.4 is 5.48 Å². The summed E-state index contributed by atoms with van der Waals surface area (Å²) in [7, 11) is -3.28. The van der Waals surface area contributed by atoms with Crippen LogP contribution in [-0.4, -0.2) is 35.9 Å². The van der Waals surface area contributed by atoms with Gasteiger partial charge in [-0.05, 0) is 29.8 Å². The fourth-order valence-corrected chi connectivity index (χ4v) is 4.77. The van der Waals surface area contributed by atoms with Crippen molar-refractivity contribution in [3.63, 3.8) is 0 Å². The predicted octanol–water partition coefficient (Wildman–Crippen LogP) is 5.05. The van der Waals surface area contributed by atoms with Crippen LogP contribution in [0.2, 0.25) is 0 Å². The maximum atomic E-state index is 12.0. The van der Waals surface area contributed by atoms with Crippen molar-refractivity contribution in [3.8, 4) is 33.0 Å². The summed E-state index contributed by atoms with van der Waals surface area (Å²) in [4.78, 5) is 16.8. The quantitative estimate of drug-likeness (QED) is 0.341. The molecule has 162 valence electrons. The number of hydrogen-bond acceptors (Lipinski definition) is 7. The minimum absolute atomic E-state index is 0.0828. The smallest absolute Gasteiger partial charge is 0.336 e. The van der Waals surface area contributed by atoms with Crippen LogP contribution >= 0.6 is 11.3 Å². The summed E-state index contributed by atoms with van der Waals surface area (Å²) >= 11 is 1.36. The average Bonchev–Trinajstić information content (AvgIpc) is 3.28. The van der Waals surface area contributed by atoms with E-state index in [1.54, 1.807) is 54.6 Å². The third-order valence-corrected chi connectivity index (χ3v) is 6.94. The first-order valence-corrected chi connectivity index (χ1v) is 12.2. The molecule has 0 atom stereocenters. The number of rotatable bonds is 6. The summed E-state index contributed by atoms with van der Waals surface area (Å²) < 4.78 is 23.3. The summed E-state index contributed by atoms with van der Waals surface area (Å²) in [6.07, 6.45) is 1.15. The number of para-hydroxylation sites is 1. The zero-order chi connectivity index (χ0) is 22.9. The van der Waals surface area contributed by atoms with E-state index in [1.165, 1.54) is 23.5 Å². The van der Waals surface area contributed by atoms with E-state index < -0.39 is 15.8 Å². The van der Waals surface area contributed by atoms with Gasteiger partial charge in [0.05, 0.1) is 21.8 Å². The Morgan fingerprint density at radius 1 is 0.969 bits per heavy atom. The third-order valence-electron chi connectivity index (χ3n) is 4.92. The van der Waals surface area contributed by atoms with Gasteiger partial charge in [-0.1, -0.05) is 42.5 Å². The molecular formula is C23H18N2O5S2. The van der Waals surface area contributed by atoms with Crippen LogP contribution in [0.4, 0.5) is 5.69 Å². The first-order chi connectivity index (χ1) is 15.3. The van der Waals surface area contributed by atoms with Crippen molar-refractivity contribution in [1.29, 1.82) is 0 Å². The van der Waals surface area contributed by atoms with E-state index in [0.29, 0.717) is 33.1 Å². The number of sulfone groups is 1. The molecule has 4 aromatic rings. The molecule has 32 heavy (non-hydrogen) atoms. The molecule has 7 nitrogen and oxygen atoms in total. The molecule has 0 aliphatic rings. The van der Waals surface area contributed by atoms with E-state index in [-0.39, 0.29) is 10.5 Å². The van der Waals surface area contributed by atoms with Crippen molar-refractivity contribution >= 4 is 32.8 Å². The lowest BCUT2D eigenvalue weighted by molar-refractivity contribution is 0.0697. The lowest BCUT2D eigenvalue weighted by Gasteiger charge is -2.12. The van der Waals surface area contributed by atoms with Gasteiger partial charge in [-0.15, -0.1) is 11.3 Å². The predicted molar refractivity (Wildman–Crippen MR) is 124 cm³/mol. The third kappa shape index (κ3) is 4.26. The fraction of sp³-hybridized carbons (Fsp3) is 0.0435. The number of nitrogens with one attached hydrogen (secondary N) is 1. The highest BCUT2D eigenvalue weighted by Gasteiger charge is 2.17. The van der Waals surface area contributed by atoms with Gasteiger partial charge in [0.2, 0.25) is 0 Å². The topological polar surface area (TPSA) is 117 Å². The normalized spacial score (nSPS) is 11.3. The van der Waals surface area contributed by atoms with E-state index in [0.717, 1.165) is 11.8 Å². The van der Waals surface area contributed by atoms with Gasteiger partial charge in [-0.2, -0.15) is 0 Å². The Balaban J connectivity index is 1.72. The second-order valence-corrected chi connectivity index (χ2v) is 9.93. The molecular weight excluding hydrogens is 448 g/mol. The van der Waals surface area contributed by atoms with Gasteiger partial charge in [0.15, 0.2) is 9.84 Å². The van der Waals surface area contributed by atoms with E-state index in [2.05, 4.69) is 10.5 Å². The fourth-order valence-electron chi connectivity index (χ4n) is 3.32. The molecule has 0 fully saturated rings. The zero-order valence-corrected chi connectivity index (χ0v) is 18.4. The number of aromatic carboxylic acids is 1. The van der Waals surface area contributed by atoms with E-state index >= 15 is 0 Å². The highest BCUT2D eigenvalue weighted by molar-refractivity contribution is 7.90. The summed E-state index contributed by atoms with van der Waals surface area (Å²) in [6.45, 7) is 0. The maximum Gasteiger partial charge on any atom is 0.336 e. The molecule has 0 aliphatic carbocycles. The van der Waals surface area contributed by atoms with Crippen LogP contribution in [0.5, 0.6) is 0 Å². The van der Waals surface area contributed by atoms with Crippen molar-refractivity contribution < 1.29 is 23.5 Å². The van der Waals surface area contributed by atoms with Gasteiger partial charge < -0.3 is 5.11 Å². The van der Waals surface area contributed by atoms with Gasteiger partial charge in [0.25, 0.3) is 0 Å². The van der Waals surface area contributed by atoms with Crippen LogP contribution in [-0.2, 0) is 9.84 Å². The number of carboxylic acid groups (broad SMARTS) is 1. The Kier molecular flexibility index (Phi) is 5.79. The number of thiazole rings is 1. The Morgan fingerprint density at radius 3 is 2.31 bits per heavy atom. The minimum Gasteiger partial charge on any atom is -0.478 e. The lowest BCUT2D eigenvalue weighted by Crippen LogP contribution is -2.02. The Hall–Kier alpha value is -3.53. The van der Waals surface area contributed by atoms with Gasteiger partial charge in [0, 0.05) is 28.3 Å². The van der Waals surface area contributed by atoms with Crippen LogP contribution in [0, 0.1) is 0 Å². The van der Waals surface area contributed by atoms with Crippen molar-refractivity contribution in [2.24, 2.45) is 0 Å². The molecule has 0 spiro atoms. The van der Waals surface area contributed by atoms with Crippen molar-refractivity contribution in [3.05, 3.63) is 77.7 Å². The number of benzene rings is 3. The minimum atomic E-state index is -3.28. The van der Waals surface area contributed by atoms with Gasteiger partial charge in [-0.25, -0.2) is 18.2 Å². The first kappa shape index (κ1) is 21.7. The Bertz CT molecular complexity index is 1410. The molecule has 0 radical (unpaired) electrons. The summed E-state index contributed by atoms with van der Waals surface area (Å²) in [5.74, 6) is -1.09. The molecule has 0 saturated heterocycles. The Labute approximate surface area is 188 Å². The standard InChI is InChI=1S/C23H18N2O5S2/c1-32(29,30)16-9-6-14(7-10-16)21-13-31-22(24-21)15-8-11-17(19(12-15)23(26)27)18-4-2-3-5-20(18)25-28/h2-13,25,28H,1H3,(H,26,27). The first-order valence-electron chi connectivity index (χ1n) is 9.41. The number of anilines is 1. The molecule has 0 aliphatic heterocycles. The SMILES string of the molecule is CS(=O)(=O)c1ccc(-c2csc(-c3ccc(-c4ccccc4NO)c(C(=O)O)c3)n2)cc1. The van der Waals surface area contributed by atoms with Crippen molar-refractivity contribution in [1.82, 2.24) is 4.98 Å². The van der Waals surface area contributed by atoms with Crippen LogP contribution in [0.3, 0.4) is 0 Å². The van der Waals surface area contributed by atoms with E-state index in [1.807, 2.05) is 5.38 Å². The van der Waals surface area contributed by atoms with Crippen LogP contribution in [0.1, 0.15) is 10.4 Å². The second kappa shape index (κ2) is 8.54. The van der Waals surface area contributed by atoms with E-state index in [9.17, 15) is 23.5 Å². The van der Waals surface area contributed by atoms with Gasteiger partial charge in [-0.3, -0.25) is 10.7 Å². The van der Waals surface area contributed by atoms with Crippen molar-refractivity contribution in [2.45, 2.75) is 4.90 Å². The number of nitrogens with zero attached hydrogens (tertiary/aromatic N) is 1. The number of aromatic nitrogens is 1. The highest BCUT2D eigenvalue weighted by Crippen LogP contribution is 2.35. The van der Waals surface area contributed by atoms with Gasteiger partial charge in [0.1, 0.15) is 5.01 Å². The molecule has 3 N–H and O–H groups in total. The molecule has 4 rings (SSSR count). The second-order valence-electron chi connectivity index (χ2n) is 7.06. The highest BCUT2D eigenvalue weighted by atomic mass is 32.2. The van der Waals surface area contributed by atoms with Gasteiger partial charge >= 0.3 is 5.97 Å². The number of carbonyl (C=O) groups is 1. The average molecular weight is 467 g/mol. The number of carboxylic acids is 1. The molecule has 1 heterocycles. The van der Waals surface area contributed by atoms with Crippen molar-refractivity contribution in [2.75, 3.05) is 11.7 Å². The maximum absolute atomic E-state index is 12.0. The summed E-state index contributed by atoms with van der Waals surface area (Å²) in [6, 6.07) is 18.4. The molecule has 3 aromatic carbocycles. The largest absolute Gasteiger partial charge is 0.478 e. The Morgan fingerprint density at radius 2 is 1.66 bits per heavy atom. The van der Waals surface area contributed by atoms with Crippen LogP contribution in [0.25, 0.3) is 33.0 Å². The lowest BCUT2D eigenvalue weighted by atomic mass is 9.96. The van der Waals surface area contributed by atoms with E-state index in [4.69, 9.17) is 0 Å². The number of hydrogen-bond donors (Lipinski definition) is 3. The molecule has 9 heteroatoms. The molecule has 0 amide bonds. The molecule has 0 saturated carbocycles.